The van der Waals surface area contributed by atoms with Crippen molar-refractivity contribution in [1.29, 1.82) is 0 Å². The second-order valence-electron chi connectivity index (χ2n) is 4.61. The molecule has 2 heterocycles. The zero-order chi connectivity index (χ0) is 12.3. The summed E-state index contributed by atoms with van der Waals surface area (Å²) in [4.78, 5) is 18.1. The lowest BCUT2D eigenvalue weighted by molar-refractivity contribution is -0.130. The van der Waals surface area contributed by atoms with Crippen LogP contribution in [0.15, 0.2) is 12.5 Å². The molecule has 0 spiro atoms. The number of carbonyl (C=O) groups excluding carboxylic acids is 1. The highest BCUT2D eigenvalue weighted by Gasteiger charge is 2.29. The Hall–Kier alpha value is -1.32. The predicted octanol–water partition coefficient (Wildman–Crippen LogP) is 1.70. The third kappa shape index (κ3) is 2.51. The van der Waals surface area contributed by atoms with Gasteiger partial charge < -0.3 is 9.47 Å². The first-order valence-corrected chi connectivity index (χ1v) is 6.54. The minimum absolute atomic E-state index is 0.232. The van der Waals surface area contributed by atoms with Gasteiger partial charge in [0.05, 0.1) is 6.33 Å². The first-order chi connectivity index (χ1) is 8.26. The maximum Gasteiger partial charge on any atom is 0.225 e. The van der Waals surface area contributed by atoms with Crippen LogP contribution in [0.3, 0.4) is 0 Å². The molecule has 0 N–H and O–H groups in total. The largest absolute Gasteiger partial charge is 0.343 e. The fourth-order valence-electron chi connectivity index (χ4n) is 2.55. The minimum atomic E-state index is 0.232. The van der Waals surface area contributed by atoms with E-state index >= 15 is 0 Å². The van der Waals surface area contributed by atoms with Crippen molar-refractivity contribution in [2.75, 3.05) is 13.1 Å². The Morgan fingerprint density at radius 3 is 2.88 bits per heavy atom. The van der Waals surface area contributed by atoms with Gasteiger partial charge in [0.15, 0.2) is 0 Å². The van der Waals surface area contributed by atoms with Gasteiger partial charge in [-0.15, -0.1) is 0 Å². The van der Waals surface area contributed by atoms with Crippen molar-refractivity contribution in [2.45, 2.75) is 39.7 Å². The molecular weight excluding hydrogens is 214 g/mol. The third-order valence-corrected chi connectivity index (χ3v) is 3.68. The Morgan fingerprint density at radius 2 is 2.24 bits per heavy atom. The van der Waals surface area contributed by atoms with Crippen molar-refractivity contribution in [3.8, 4) is 0 Å². The molecule has 1 aromatic rings. The zero-order valence-corrected chi connectivity index (χ0v) is 10.7. The first kappa shape index (κ1) is 12.1. The molecule has 0 aromatic carbocycles. The molecule has 0 aliphatic carbocycles. The van der Waals surface area contributed by atoms with Crippen LogP contribution in [0.4, 0.5) is 0 Å². The summed E-state index contributed by atoms with van der Waals surface area (Å²) in [6, 6.07) is 0. The fourth-order valence-corrected chi connectivity index (χ4v) is 2.55. The van der Waals surface area contributed by atoms with Crippen molar-refractivity contribution in [1.82, 2.24) is 14.5 Å². The highest BCUT2D eigenvalue weighted by atomic mass is 16.2. The Labute approximate surface area is 103 Å². The molecule has 1 fully saturated rings. The van der Waals surface area contributed by atoms with Crippen molar-refractivity contribution < 1.29 is 4.79 Å². The van der Waals surface area contributed by atoms with E-state index < -0.39 is 0 Å². The first-order valence-electron chi connectivity index (χ1n) is 6.54. The normalized spacial score (nSPS) is 20.2. The lowest BCUT2D eigenvalue weighted by Gasteiger charge is -2.13. The Balaban J connectivity index is 1.89. The van der Waals surface area contributed by atoms with E-state index in [1.165, 1.54) is 5.69 Å². The fraction of sp³-hybridized carbons (Fsp3) is 0.692. The van der Waals surface area contributed by atoms with Crippen molar-refractivity contribution in [3.05, 3.63) is 18.2 Å². The number of carbonyl (C=O) groups is 1. The number of rotatable bonds is 5. The molecule has 94 valence electrons. The number of amides is 1. The maximum absolute atomic E-state index is 12.0. The zero-order valence-electron chi connectivity index (χ0n) is 10.7. The van der Waals surface area contributed by atoms with Gasteiger partial charge in [-0.3, -0.25) is 4.79 Å². The van der Waals surface area contributed by atoms with Crippen molar-refractivity contribution in [3.63, 3.8) is 0 Å². The molecule has 1 aliphatic heterocycles. The number of aromatic nitrogens is 2. The van der Waals surface area contributed by atoms with Crippen molar-refractivity contribution >= 4 is 5.91 Å². The summed E-state index contributed by atoms with van der Waals surface area (Å²) in [6.45, 7) is 6.90. The topological polar surface area (TPSA) is 38.1 Å². The van der Waals surface area contributed by atoms with Gasteiger partial charge in [-0.1, -0.05) is 0 Å². The van der Waals surface area contributed by atoms with Gasteiger partial charge in [0.25, 0.3) is 0 Å². The maximum atomic E-state index is 12.0. The highest BCUT2D eigenvalue weighted by Crippen LogP contribution is 2.22. The number of nitrogens with zero attached hydrogens (tertiary/aromatic N) is 3. The van der Waals surface area contributed by atoms with Gasteiger partial charge >= 0.3 is 0 Å². The van der Waals surface area contributed by atoms with E-state index in [1.807, 2.05) is 24.3 Å². The number of imidazole rings is 1. The van der Waals surface area contributed by atoms with Crippen LogP contribution >= 0.6 is 0 Å². The Kier molecular flexibility index (Phi) is 3.82. The second-order valence-corrected chi connectivity index (χ2v) is 4.61. The van der Waals surface area contributed by atoms with Crippen LogP contribution in [-0.4, -0.2) is 33.4 Å². The molecule has 1 aliphatic rings. The standard InChI is InChI=1S/C13H21N3O/c1-3-15-8-7-11(13(15)17)5-6-12-9-14-10-16(12)4-2/h9-11H,3-8H2,1-2H3/t11-/m0/s1. The third-order valence-electron chi connectivity index (χ3n) is 3.68. The number of aryl methyl sites for hydroxylation is 2. The molecule has 0 saturated carbocycles. The molecule has 4 heteroatoms. The van der Waals surface area contributed by atoms with E-state index in [0.717, 1.165) is 38.9 Å². The summed E-state index contributed by atoms with van der Waals surface area (Å²) in [5, 5.41) is 0. The lowest BCUT2D eigenvalue weighted by atomic mass is 10.0. The predicted molar refractivity (Wildman–Crippen MR) is 66.6 cm³/mol. The van der Waals surface area contributed by atoms with Crippen LogP contribution in [0.2, 0.25) is 0 Å². The molecule has 0 radical (unpaired) electrons. The van der Waals surface area contributed by atoms with Crippen LogP contribution in [0.1, 0.15) is 32.4 Å². The minimum Gasteiger partial charge on any atom is -0.343 e. The Morgan fingerprint density at radius 1 is 1.41 bits per heavy atom. The molecule has 17 heavy (non-hydrogen) atoms. The summed E-state index contributed by atoms with van der Waals surface area (Å²) in [5.74, 6) is 0.574. The van der Waals surface area contributed by atoms with Gasteiger partial charge in [-0.25, -0.2) is 4.98 Å². The van der Waals surface area contributed by atoms with Gasteiger partial charge in [-0.05, 0) is 33.1 Å². The average Bonchev–Trinajstić information content (AvgIpc) is 2.93. The van der Waals surface area contributed by atoms with Crippen LogP contribution in [0.5, 0.6) is 0 Å². The summed E-state index contributed by atoms with van der Waals surface area (Å²) >= 11 is 0. The summed E-state index contributed by atoms with van der Waals surface area (Å²) in [6.07, 6.45) is 6.72. The highest BCUT2D eigenvalue weighted by molar-refractivity contribution is 5.80. The van der Waals surface area contributed by atoms with E-state index in [4.69, 9.17) is 0 Å². The van der Waals surface area contributed by atoms with Crippen LogP contribution in [0, 0.1) is 5.92 Å². The van der Waals surface area contributed by atoms with Crippen LogP contribution in [0.25, 0.3) is 0 Å². The van der Waals surface area contributed by atoms with E-state index in [1.54, 1.807) is 0 Å². The average molecular weight is 235 g/mol. The Bertz CT molecular complexity index is 386. The van der Waals surface area contributed by atoms with Gasteiger partial charge in [-0.2, -0.15) is 0 Å². The number of likely N-dealkylation sites (tertiary alicyclic amines) is 1. The van der Waals surface area contributed by atoms with Gasteiger partial charge in [0.2, 0.25) is 5.91 Å². The smallest absolute Gasteiger partial charge is 0.225 e. The van der Waals surface area contributed by atoms with E-state index in [2.05, 4.69) is 16.5 Å². The van der Waals surface area contributed by atoms with Crippen molar-refractivity contribution in [2.24, 2.45) is 5.92 Å². The summed E-state index contributed by atoms with van der Waals surface area (Å²) in [7, 11) is 0. The molecule has 0 unspecified atom stereocenters. The molecule has 4 nitrogen and oxygen atoms in total. The molecule has 1 aromatic heterocycles. The molecular formula is C13H21N3O. The van der Waals surface area contributed by atoms with Gasteiger partial charge in [0.1, 0.15) is 0 Å². The number of hydrogen-bond acceptors (Lipinski definition) is 2. The van der Waals surface area contributed by atoms with E-state index in [0.29, 0.717) is 5.91 Å². The summed E-state index contributed by atoms with van der Waals surface area (Å²) < 4.78 is 2.15. The molecule has 0 bridgehead atoms. The second kappa shape index (κ2) is 5.34. The molecule has 1 amide bonds. The van der Waals surface area contributed by atoms with Crippen LogP contribution < -0.4 is 0 Å². The quantitative estimate of drug-likeness (QED) is 0.779. The van der Waals surface area contributed by atoms with Crippen LogP contribution in [-0.2, 0) is 17.8 Å². The monoisotopic (exact) mass is 235 g/mol. The molecule has 2 rings (SSSR count). The summed E-state index contributed by atoms with van der Waals surface area (Å²) in [5.41, 5.74) is 1.25. The lowest BCUT2D eigenvalue weighted by Crippen LogP contribution is -2.27. The molecule has 1 saturated heterocycles. The van der Waals surface area contributed by atoms with E-state index in [9.17, 15) is 4.79 Å². The van der Waals surface area contributed by atoms with E-state index in [-0.39, 0.29) is 5.92 Å². The SMILES string of the molecule is CCN1CC[C@H](CCc2cncn2CC)C1=O. The van der Waals surface area contributed by atoms with Gasteiger partial charge in [0, 0.05) is 37.4 Å². The molecule has 1 atom stereocenters. The number of hydrogen-bond donors (Lipinski definition) is 0.